The predicted molar refractivity (Wildman–Crippen MR) is 54.2 cm³/mol. The molecule has 0 fully saturated rings. The van der Waals surface area contributed by atoms with Gasteiger partial charge in [-0.3, -0.25) is 0 Å². The molecule has 0 saturated heterocycles. The summed E-state index contributed by atoms with van der Waals surface area (Å²) in [7, 11) is 0. The first-order valence-corrected chi connectivity index (χ1v) is 4.64. The van der Waals surface area contributed by atoms with Gasteiger partial charge < -0.3 is 9.15 Å². The van der Waals surface area contributed by atoms with Gasteiger partial charge in [-0.1, -0.05) is 0 Å². The molecular weight excluding hydrogens is 209 g/mol. The topological polar surface area (TPSA) is 46.2 Å². The SMILES string of the molecule is N#Cc1cc(F)ccc1OCc1ccco1. The molecule has 0 saturated carbocycles. The number of halogens is 1. The van der Waals surface area contributed by atoms with E-state index in [9.17, 15) is 4.39 Å². The van der Waals surface area contributed by atoms with Crippen LogP contribution in [0.3, 0.4) is 0 Å². The van der Waals surface area contributed by atoms with E-state index in [1.807, 2.05) is 6.07 Å². The van der Waals surface area contributed by atoms with E-state index in [0.717, 1.165) is 6.07 Å². The number of hydrogen-bond acceptors (Lipinski definition) is 3. The summed E-state index contributed by atoms with van der Waals surface area (Å²) in [5, 5.41) is 8.78. The van der Waals surface area contributed by atoms with Crippen LogP contribution in [0.1, 0.15) is 11.3 Å². The van der Waals surface area contributed by atoms with E-state index in [4.69, 9.17) is 14.4 Å². The number of hydrogen-bond donors (Lipinski definition) is 0. The van der Waals surface area contributed by atoms with E-state index in [0.29, 0.717) is 11.5 Å². The van der Waals surface area contributed by atoms with Crippen molar-refractivity contribution >= 4 is 0 Å². The molecule has 0 amide bonds. The van der Waals surface area contributed by atoms with Crippen LogP contribution in [0, 0.1) is 17.1 Å². The zero-order valence-electron chi connectivity index (χ0n) is 8.31. The smallest absolute Gasteiger partial charge is 0.146 e. The summed E-state index contributed by atoms with van der Waals surface area (Å²) in [4.78, 5) is 0. The van der Waals surface area contributed by atoms with E-state index < -0.39 is 5.82 Å². The van der Waals surface area contributed by atoms with Crippen LogP contribution < -0.4 is 4.74 Å². The minimum Gasteiger partial charge on any atom is -0.484 e. The second-order valence-electron chi connectivity index (χ2n) is 3.12. The number of nitriles is 1. The summed E-state index contributed by atoms with van der Waals surface area (Å²) in [5.74, 6) is 0.537. The van der Waals surface area contributed by atoms with Crippen molar-refractivity contribution in [3.05, 3.63) is 53.7 Å². The monoisotopic (exact) mass is 217 g/mol. The Labute approximate surface area is 91.7 Å². The van der Waals surface area contributed by atoms with E-state index in [-0.39, 0.29) is 12.2 Å². The first-order chi connectivity index (χ1) is 7.79. The maximum Gasteiger partial charge on any atom is 0.146 e. The van der Waals surface area contributed by atoms with Crippen molar-refractivity contribution < 1.29 is 13.5 Å². The quantitative estimate of drug-likeness (QED) is 0.794. The second kappa shape index (κ2) is 4.49. The summed E-state index contributed by atoms with van der Waals surface area (Å²) in [6.45, 7) is 0.216. The third-order valence-electron chi connectivity index (χ3n) is 2.01. The van der Waals surface area contributed by atoms with Crippen molar-refractivity contribution in [3.63, 3.8) is 0 Å². The highest BCUT2D eigenvalue weighted by Crippen LogP contribution is 2.19. The number of furan rings is 1. The predicted octanol–water partition coefficient (Wildman–Crippen LogP) is 2.87. The first-order valence-electron chi connectivity index (χ1n) is 4.64. The second-order valence-corrected chi connectivity index (χ2v) is 3.12. The average Bonchev–Trinajstić information content (AvgIpc) is 2.80. The van der Waals surface area contributed by atoms with Gasteiger partial charge in [0.2, 0.25) is 0 Å². The fourth-order valence-electron chi connectivity index (χ4n) is 1.26. The van der Waals surface area contributed by atoms with E-state index in [2.05, 4.69) is 0 Å². The Balaban J connectivity index is 2.13. The van der Waals surface area contributed by atoms with E-state index in [1.54, 1.807) is 12.1 Å². The lowest BCUT2D eigenvalue weighted by Gasteiger charge is -2.05. The number of rotatable bonds is 3. The highest BCUT2D eigenvalue weighted by Gasteiger charge is 2.05. The Bertz CT molecular complexity index is 514. The van der Waals surface area contributed by atoms with Gasteiger partial charge in [-0.15, -0.1) is 0 Å². The Morgan fingerprint density at radius 3 is 2.94 bits per heavy atom. The van der Waals surface area contributed by atoms with Gasteiger partial charge in [-0.2, -0.15) is 5.26 Å². The molecule has 80 valence electrons. The summed E-state index contributed by atoms with van der Waals surface area (Å²) < 4.78 is 23.2. The third kappa shape index (κ3) is 2.20. The standard InChI is InChI=1S/C12H8FNO2/c13-10-3-4-12(9(6-10)7-14)16-8-11-2-1-5-15-11/h1-6H,8H2. The van der Waals surface area contributed by atoms with Crippen molar-refractivity contribution in [2.24, 2.45) is 0 Å². The molecule has 3 nitrogen and oxygen atoms in total. The van der Waals surface area contributed by atoms with Crippen LogP contribution in [-0.2, 0) is 6.61 Å². The highest BCUT2D eigenvalue weighted by atomic mass is 19.1. The molecule has 0 N–H and O–H groups in total. The Morgan fingerprint density at radius 1 is 1.38 bits per heavy atom. The van der Waals surface area contributed by atoms with Gasteiger partial charge >= 0.3 is 0 Å². The van der Waals surface area contributed by atoms with Crippen molar-refractivity contribution in [3.8, 4) is 11.8 Å². The molecule has 16 heavy (non-hydrogen) atoms. The third-order valence-corrected chi connectivity index (χ3v) is 2.01. The number of nitrogens with zero attached hydrogens (tertiary/aromatic N) is 1. The lowest BCUT2D eigenvalue weighted by atomic mass is 10.2. The Kier molecular flexibility index (Phi) is 2.88. The van der Waals surface area contributed by atoms with Crippen LogP contribution in [0.5, 0.6) is 5.75 Å². The molecule has 0 bridgehead atoms. The molecule has 1 aromatic heterocycles. The fourth-order valence-corrected chi connectivity index (χ4v) is 1.26. The fraction of sp³-hybridized carbons (Fsp3) is 0.0833. The number of benzene rings is 1. The van der Waals surface area contributed by atoms with Crippen LogP contribution in [0.15, 0.2) is 41.0 Å². The van der Waals surface area contributed by atoms with Gasteiger partial charge in [-0.25, -0.2) is 4.39 Å². The van der Waals surface area contributed by atoms with Gasteiger partial charge in [0.25, 0.3) is 0 Å². The first kappa shape index (κ1) is 10.2. The molecule has 2 rings (SSSR count). The van der Waals surface area contributed by atoms with Gasteiger partial charge in [0, 0.05) is 0 Å². The minimum atomic E-state index is -0.457. The van der Waals surface area contributed by atoms with Crippen LogP contribution in [0.25, 0.3) is 0 Å². The van der Waals surface area contributed by atoms with Gasteiger partial charge in [0.15, 0.2) is 0 Å². The molecule has 0 atom stereocenters. The van der Waals surface area contributed by atoms with E-state index >= 15 is 0 Å². The normalized spacial score (nSPS) is 9.75. The molecule has 1 aromatic carbocycles. The van der Waals surface area contributed by atoms with E-state index in [1.165, 1.54) is 18.4 Å². The summed E-state index contributed by atoms with van der Waals surface area (Å²) in [6, 6.07) is 9.19. The zero-order valence-corrected chi connectivity index (χ0v) is 8.31. The lowest BCUT2D eigenvalue weighted by molar-refractivity contribution is 0.269. The maximum atomic E-state index is 12.8. The van der Waals surface area contributed by atoms with Gasteiger partial charge in [0.1, 0.15) is 30.0 Å². The van der Waals surface area contributed by atoms with Crippen LogP contribution >= 0.6 is 0 Å². The van der Waals surface area contributed by atoms with Crippen molar-refractivity contribution in [1.29, 1.82) is 5.26 Å². The zero-order chi connectivity index (χ0) is 11.4. The van der Waals surface area contributed by atoms with Crippen molar-refractivity contribution in [2.75, 3.05) is 0 Å². The summed E-state index contributed by atoms with van der Waals surface area (Å²) in [6.07, 6.45) is 1.54. The van der Waals surface area contributed by atoms with Crippen LogP contribution in [-0.4, -0.2) is 0 Å². The summed E-state index contributed by atoms with van der Waals surface area (Å²) in [5.41, 5.74) is 0.173. The van der Waals surface area contributed by atoms with Gasteiger partial charge in [0.05, 0.1) is 11.8 Å². The molecule has 0 spiro atoms. The molecule has 0 aliphatic heterocycles. The molecule has 1 heterocycles. The van der Waals surface area contributed by atoms with Crippen molar-refractivity contribution in [1.82, 2.24) is 0 Å². The largest absolute Gasteiger partial charge is 0.484 e. The van der Waals surface area contributed by atoms with Crippen LogP contribution in [0.2, 0.25) is 0 Å². The average molecular weight is 217 g/mol. The molecule has 0 unspecified atom stereocenters. The molecule has 4 heteroatoms. The minimum absolute atomic E-state index is 0.173. The summed E-state index contributed by atoms with van der Waals surface area (Å²) >= 11 is 0. The van der Waals surface area contributed by atoms with Crippen LogP contribution in [0.4, 0.5) is 4.39 Å². The lowest BCUT2D eigenvalue weighted by Crippen LogP contribution is -1.96. The molecular formula is C12H8FNO2. The molecule has 0 aliphatic rings. The van der Waals surface area contributed by atoms with Gasteiger partial charge in [-0.05, 0) is 30.3 Å². The van der Waals surface area contributed by atoms with Crippen molar-refractivity contribution in [2.45, 2.75) is 6.61 Å². The highest BCUT2D eigenvalue weighted by molar-refractivity contribution is 5.43. The Morgan fingerprint density at radius 2 is 2.25 bits per heavy atom. The Hall–Kier alpha value is -2.28. The molecule has 0 radical (unpaired) electrons. The molecule has 2 aromatic rings. The number of ether oxygens (including phenoxy) is 1. The molecule has 0 aliphatic carbocycles. The maximum absolute atomic E-state index is 12.8.